The van der Waals surface area contributed by atoms with Crippen LogP contribution in [0, 0.1) is 6.92 Å². The summed E-state index contributed by atoms with van der Waals surface area (Å²) in [5, 5.41) is 12.0. The number of hydrogen-bond donors (Lipinski definition) is 3. The van der Waals surface area contributed by atoms with Crippen molar-refractivity contribution in [2.45, 2.75) is 6.92 Å². The SMILES string of the molecule is Cc1cccc(NC(=O)c2cc(O)ccc2N)n1. The Labute approximate surface area is 104 Å². The third-order valence-electron chi connectivity index (χ3n) is 2.41. The summed E-state index contributed by atoms with van der Waals surface area (Å²) >= 11 is 0. The lowest BCUT2D eigenvalue weighted by atomic mass is 10.1. The molecule has 5 heteroatoms. The van der Waals surface area contributed by atoms with Crippen LogP contribution in [-0.2, 0) is 0 Å². The Morgan fingerprint density at radius 1 is 1.33 bits per heavy atom. The molecule has 0 fully saturated rings. The quantitative estimate of drug-likeness (QED) is 0.555. The lowest BCUT2D eigenvalue weighted by Gasteiger charge is -2.07. The zero-order valence-electron chi connectivity index (χ0n) is 9.84. The molecule has 92 valence electrons. The van der Waals surface area contributed by atoms with Gasteiger partial charge in [-0.3, -0.25) is 4.79 Å². The fourth-order valence-electron chi connectivity index (χ4n) is 1.54. The minimum absolute atomic E-state index is 0.00782. The third-order valence-corrected chi connectivity index (χ3v) is 2.41. The monoisotopic (exact) mass is 243 g/mol. The second kappa shape index (κ2) is 4.75. The smallest absolute Gasteiger partial charge is 0.259 e. The van der Waals surface area contributed by atoms with Gasteiger partial charge in [-0.25, -0.2) is 4.98 Å². The summed E-state index contributed by atoms with van der Waals surface area (Å²) in [7, 11) is 0. The Balaban J connectivity index is 2.24. The highest BCUT2D eigenvalue weighted by molar-refractivity contribution is 6.07. The predicted octanol–water partition coefficient (Wildman–Crippen LogP) is 1.93. The molecule has 2 aromatic rings. The van der Waals surface area contributed by atoms with E-state index in [0.717, 1.165) is 5.69 Å². The molecule has 0 spiro atoms. The molecule has 0 saturated heterocycles. The van der Waals surface area contributed by atoms with Crippen LogP contribution in [0.4, 0.5) is 11.5 Å². The maximum atomic E-state index is 12.0. The van der Waals surface area contributed by atoms with Gasteiger partial charge in [0.15, 0.2) is 0 Å². The summed E-state index contributed by atoms with van der Waals surface area (Å²) in [4.78, 5) is 16.1. The van der Waals surface area contributed by atoms with E-state index >= 15 is 0 Å². The van der Waals surface area contributed by atoms with Gasteiger partial charge in [0.2, 0.25) is 0 Å². The highest BCUT2D eigenvalue weighted by Gasteiger charge is 2.11. The highest BCUT2D eigenvalue weighted by atomic mass is 16.3. The number of nitrogens with two attached hydrogens (primary N) is 1. The molecule has 1 heterocycles. The minimum atomic E-state index is -0.401. The molecule has 0 atom stereocenters. The number of hydrogen-bond acceptors (Lipinski definition) is 4. The van der Waals surface area contributed by atoms with E-state index in [1.165, 1.54) is 18.2 Å². The van der Waals surface area contributed by atoms with Crippen molar-refractivity contribution in [1.82, 2.24) is 4.98 Å². The topological polar surface area (TPSA) is 88.2 Å². The lowest BCUT2D eigenvalue weighted by molar-refractivity contribution is 0.102. The van der Waals surface area contributed by atoms with E-state index in [0.29, 0.717) is 11.5 Å². The zero-order valence-corrected chi connectivity index (χ0v) is 9.84. The number of benzene rings is 1. The number of nitrogen functional groups attached to an aromatic ring is 1. The third kappa shape index (κ3) is 2.57. The van der Waals surface area contributed by atoms with Crippen LogP contribution in [0.1, 0.15) is 16.1 Å². The zero-order chi connectivity index (χ0) is 13.1. The first-order valence-corrected chi connectivity index (χ1v) is 5.40. The molecule has 1 aromatic carbocycles. The van der Waals surface area contributed by atoms with Gasteiger partial charge in [0, 0.05) is 11.4 Å². The normalized spacial score (nSPS) is 10.1. The summed E-state index contributed by atoms with van der Waals surface area (Å²) in [6, 6.07) is 9.54. The Morgan fingerprint density at radius 3 is 2.83 bits per heavy atom. The van der Waals surface area contributed by atoms with Crippen molar-refractivity contribution in [1.29, 1.82) is 0 Å². The van der Waals surface area contributed by atoms with Gasteiger partial charge in [-0.05, 0) is 37.3 Å². The number of carbonyl (C=O) groups excluding carboxylic acids is 1. The lowest BCUT2D eigenvalue weighted by Crippen LogP contribution is -2.15. The molecule has 0 bridgehead atoms. The number of pyridine rings is 1. The first-order valence-electron chi connectivity index (χ1n) is 5.40. The standard InChI is InChI=1S/C13H13N3O2/c1-8-3-2-4-12(15-8)16-13(18)10-7-9(17)5-6-11(10)14/h2-7,17H,14H2,1H3,(H,15,16,18). The number of anilines is 2. The molecular formula is C13H13N3O2. The fraction of sp³-hybridized carbons (Fsp3) is 0.0769. The van der Waals surface area contributed by atoms with Crippen molar-refractivity contribution in [2.24, 2.45) is 0 Å². The number of phenols is 1. The van der Waals surface area contributed by atoms with E-state index in [9.17, 15) is 9.90 Å². The largest absolute Gasteiger partial charge is 0.508 e. The number of nitrogens with zero attached hydrogens (tertiary/aromatic N) is 1. The molecule has 2 rings (SSSR count). The van der Waals surface area contributed by atoms with Crippen molar-refractivity contribution in [2.75, 3.05) is 11.1 Å². The van der Waals surface area contributed by atoms with Crippen LogP contribution in [0.5, 0.6) is 5.75 Å². The van der Waals surface area contributed by atoms with Gasteiger partial charge < -0.3 is 16.2 Å². The summed E-state index contributed by atoms with van der Waals surface area (Å²) in [6.45, 7) is 1.83. The van der Waals surface area contributed by atoms with Crippen molar-refractivity contribution in [3.05, 3.63) is 47.7 Å². The highest BCUT2D eigenvalue weighted by Crippen LogP contribution is 2.19. The van der Waals surface area contributed by atoms with E-state index in [1.54, 1.807) is 12.1 Å². The Hall–Kier alpha value is -2.56. The van der Waals surface area contributed by atoms with Gasteiger partial charge in [-0.2, -0.15) is 0 Å². The van der Waals surface area contributed by atoms with E-state index in [2.05, 4.69) is 10.3 Å². The Kier molecular flexibility index (Phi) is 3.14. The average Bonchev–Trinajstić information content (AvgIpc) is 2.32. The number of nitrogens with one attached hydrogen (secondary N) is 1. The molecule has 1 aromatic heterocycles. The van der Waals surface area contributed by atoms with Gasteiger partial charge in [-0.15, -0.1) is 0 Å². The van der Waals surface area contributed by atoms with Crippen LogP contribution in [0.15, 0.2) is 36.4 Å². The van der Waals surface area contributed by atoms with Crippen molar-refractivity contribution < 1.29 is 9.90 Å². The van der Waals surface area contributed by atoms with Gasteiger partial charge in [-0.1, -0.05) is 6.07 Å². The van der Waals surface area contributed by atoms with E-state index in [4.69, 9.17) is 5.73 Å². The number of rotatable bonds is 2. The van der Waals surface area contributed by atoms with Crippen LogP contribution in [-0.4, -0.2) is 16.0 Å². The fourth-order valence-corrected chi connectivity index (χ4v) is 1.54. The summed E-state index contributed by atoms with van der Waals surface area (Å²) in [6.07, 6.45) is 0. The molecule has 0 aliphatic carbocycles. The van der Waals surface area contributed by atoms with Gasteiger partial charge in [0.05, 0.1) is 5.56 Å². The number of amides is 1. The second-order valence-electron chi connectivity index (χ2n) is 3.89. The minimum Gasteiger partial charge on any atom is -0.508 e. The van der Waals surface area contributed by atoms with Crippen molar-refractivity contribution in [3.8, 4) is 5.75 Å². The number of carbonyl (C=O) groups is 1. The number of aryl methyl sites for hydroxylation is 1. The van der Waals surface area contributed by atoms with Crippen LogP contribution >= 0.6 is 0 Å². The van der Waals surface area contributed by atoms with Gasteiger partial charge in [0.1, 0.15) is 11.6 Å². The van der Waals surface area contributed by atoms with Crippen LogP contribution < -0.4 is 11.1 Å². The van der Waals surface area contributed by atoms with Crippen molar-refractivity contribution in [3.63, 3.8) is 0 Å². The molecule has 0 saturated carbocycles. The number of aromatic nitrogens is 1. The average molecular weight is 243 g/mol. The first kappa shape index (κ1) is 11.9. The maximum absolute atomic E-state index is 12.0. The molecule has 5 nitrogen and oxygen atoms in total. The van der Waals surface area contributed by atoms with E-state index < -0.39 is 5.91 Å². The summed E-state index contributed by atoms with van der Waals surface area (Å²) in [5.74, 6) is 0.0378. The molecule has 0 aliphatic rings. The van der Waals surface area contributed by atoms with E-state index in [1.807, 2.05) is 13.0 Å². The Morgan fingerprint density at radius 2 is 2.11 bits per heavy atom. The van der Waals surface area contributed by atoms with Crippen LogP contribution in [0.3, 0.4) is 0 Å². The van der Waals surface area contributed by atoms with Gasteiger partial charge >= 0.3 is 0 Å². The predicted molar refractivity (Wildman–Crippen MR) is 69.4 cm³/mol. The summed E-state index contributed by atoms with van der Waals surface area (Å²) < 4.78 is 0. The molecule has 1 amide bonds. The maximum Gasteiger partial charge on any atom is 0.259 e. The molecule has 0 unspecified atom stereocenters. The molecule has 0 radical (unpaired) electrons. The molecular weight excluding hydrogens is 230 g/mol. The van der Waals surface area contributed by atoms with Crippen LogP contribution in [0.2, 0.25) is 0 Å². The Bertz CT molecular complexity index is 597. The summed E-state index contributed by atoms with van der Waals surface area (Å²) in [5.41, 5.74) is 7.01. The first-order chi connectivity index (χ1) is 8.56. The van der Waals surface area contributed by atoms with Crippen LogP contribution in [0.25, 0.3) is 0 Å². The van der Waals surface area contributed by atoms with Gasteiger partial charge in [0.25, 0.3) is 5.91 Å². The molecule has 4 N–H and O–H groups in total. The number of aromatic hydroxyl groups is 1. The molecule has 0 aliphatic heterocycles. The second-order valence-corrected chi connectivity index (χ2v) is 3.89. The molecule has 18 heavy (non-hydrogen) atoms. The van der Waals surface area contributed by atoms with Crippen molar-refractivity contribution >= 4 is 17.4 Å². The van der Waals surface area contributed by atoms with E-state index in [-0.39, 0.29) is 11.3 Å². The number of phenolic OH excluding ortho intramolecular Hbond substituents is 1.